The summed E-state index contributed by atoms with van der Waals surface area (Å²) in [5.74, 6) is -0.771. The molecule has 0 radical (unpaired) electrons. The Morgan fingerprint density at radius 3 is 1.73 bits per heavy atom. The monoisotopic (exact) mass is 664 g/mol. The molecule has 0 unspecified atom stereocenters. The van der Waals surface area contributed by atoms with Crippen LogP contribution in [-0.2, 0) is 0 Å². The van der Waals surface area contributed by atoms with Crippen molar-refractivity contribution in [3.63, 3.8) is 0 Å². The highest BCUT2D eigenvalue weighted by Crippen LogP contribution is 2.42. The first-order valence-corrected chi connectivity index (χ1v) is 16.1. The zero-order valence-electron chi connectivity index (χ0n) is 36.3. The summed E-state index contributed by atoms with van der Waals surface area (Å²) < 4.78 is 99.8. The number of fused-ring (bicyclic) bond motifs is 10. The normalized spacial score (nSPS) is 14.7. The Hall–Kier alpha value is -7.05. The van der Waals surface area contributed by atoms with Gasteiger partial charge in [-0.2, -0.15) is 0 Å². The minimum atomic E-state index is -0.623. The summed E-state index contributed by atoms with van der Waals surface area (Å²) in [5, 5.41) is 5.17. The van der Waals surface area contributed by atoms with Crippen LogP contribution in [0.2, 0.25) is 0 Å². The predicted molar refractivity (Wildman–Crippen MR) is 205 cm³/mol. The van der Waals surface area contributed by atoms with Crippen LogP contribution in [0.5, 0.6) is 0 Å². The maximum Gasteiger partial charge on any atom is 0.178 e. The fourth-order valence-electron chi connectivity index (χ4n) is 7.08. The van der Waals surface area contributed by atoms with Crippen molar-refractivity contribution in [1.29, 1.82) is 0 Å². The zero-order valence-corrected chi connectivity index (χ0v) is 26.3. The van der Waals surface area contributed by atoms with E-state index in [4.69, 9.17) is 22.5 Å². The number of aromatic nitrogens is 4. The summed E-state index contributed by atoms with van der Waals surface area (Å²) in [5.41, 5.74) is 4.75. The van der Waals surface area contributed by atoms with Gasteiger partial charge in [-0.05, 0) is 42.5 Å². The van der Waals surface area contributed by atoms with Gasteiger partial charge >= 0.3 is 0 Å². The zero-order chi connectivity index (χ0) is 42.2. The van der Waals surface area contributed by atoms with E-state index in [1.165, 1.54) is 0 Å². The van der Waals surface area contributed by atoms with Crippen LogP contribution in [0.15, 0.2) is 166 Å². The first kappa shape index (κ1) is 19.8. The third kappa shape index (κ3) is 4.20. The molecule has 0 N–H and O–H groups in total. The molecule has 0 spiro atoms. The number of furan rings is 2. The molecule has 6 nitrogen and oxygen atoms in total. The molecule has 11 rings (SSSR count). The Bertz CT molecular complexity index is 3550. The maximum atomic E-state index is 8.71. The first-order valence-electron chi connectivity index (χ1n) is 21.1. The van der Waals surface area contributed by atoms with Crippen molar-refractivity contribution in [1.82, 2.24) is 19.5 Å². The van der Waals surface area contributed by atoms with Crippen molar-refractivity contribution in [3.8, 4) is 39.9 Å². The van der Waals surface area contributed by atoms with Gasteiger partial charge in [0.15, 0.2) is 28.6 Å². The highest BCUT2D eigenvalue weighted by molar-refractivity contribution is 6.21. The SMILES string of the molecule is [2H]c1c([2H])c([2H])c(-c2nc(-c3c([2H])c([2H])c([2H])c([2H])c3[2H])nc(-c3cccc4oc5c(ccc6c7ccc(-n8c9ccccc9c9ccccc98)cc7oc65)c34)n2)c([2H])c1[2H]. The van der Waals surface area contributed by atoms with Crippen LogP contribution in [0.25, 0.3) is 106 Å². The first-order chi connectivity index (χ1) is 29.4. The lowest BCUT2D eigenvalue weighted by atomic mass is 10.0. The van der Waals surface area contributed by atoms with Gasteiger partial charge in [0.1, 0.15) is 11.2 Å². The summed E-state index contributed by atoms with van der Waals surface area (Å²) >= 11 is 0. The molecule has 11 aromatic rings. The van der Waals surface area contributed by atoms with Crippen molar-refractivity contribution in [2.24, 2.45) is 0 Å². The van der Waals surface area contributed by atoms with E-state index in [1.807, 2.05) is 48.5 Å². The van der Waals surface area contributed by atoms with Gasteiger partial charge in [-0.25, -0.2) is 15.0 Å². The Morgan fingerprint density at radius 2 is 1.04 bits per heavy atom. The minimum Gasteiger partial charge on any atom is -0.452 e. The molecule has 6 heteroatoms. The molecule has 238 valence electrons. The van der Waals surface area contributed by atoms with E-state index >= 15 is 0 Å². The number of hydrogen-bond acceptors (Lipinski definition) is 5. The van der Waals surface area contributed by atoms with E-state index in [0.717, 1.165) is 38.3 Å². The molecule has 0 aliphatic carbocycles. The van der Waals surface area contributed by atoms with Gasteiger partial charge in [0.2, 0.25) is 0 Å². The number of hydrogen-bond donors (Lipinski definition) is 0. The van der Waals surface area contributed by atoms with Crippen LogP contribution >= 0.6 is 0 Å². The smallest absolute Gasteiger partial charge is 0.178 e. The molecule has 7 aromatic carbocycles. The number of benzene rings is 7. The van der Waals surface area contributed by atoms with Crippen LogP contribution in [0, 0.1) is 0 Å². The molecule has 0 amide bonds. The molecule has 0 saturated heterocycles. The summed E-state index contributed by atoms with van der Waals surface area (Å²) in [7, 11) is 0. The highest BCUT2D eigenvalue weighted by atomic mass is 16.4. The average molecular weight is 665 g/mol. The van der Waals surface area contributed by atoms with Gasteiger partial charge < -0.3 is 13.4 Å². The Balaban J connectivity index is 1.15. The van der Waals surface area contributed by atoms with Gasteiger partial charge in [0.25, 0.3) is 0 Å². The van der Waals surface area contributed by atoms with Crippen LogP contribution in [0.4, 0.5) is 0 Å². The van der Waals surface area contributed by atoms with E-state index in [-0.39, 0.29) is 28.6 Å². The molecule has 0 bridgehead atoms. The van der Waals surface area contributed by atoms with E-state index in [2.05, 4.69) is 49.9 Å². The molecule has 51 heavy (non-hydrogen) atoms. The fraction of sp³-hybridized carbons (Fsp3) is 0. The second-order valence-electron chi connectivity index (χ2n) is 12.1. The number of para-hydroxylation sites is 2. The van der Waals surface area contributed by atoms with E-state index in [1.54, 1.807) is 18.2 Å². The van der Waals surface area contributed by atoms with Crippen LogP contribution in [-0.4, -0.2) is 19.5 Å². The molecular weight excluding hydrogens is 629 g/mol. The minimum absolute atomic E-state index is 0.0626. The topological polar surface area (TPSA) is 69.9 Å². The van der Waals surface area contributed by atoms with Crippen molar-refractivity contribution in [3.05, 3.63) is 157 Å². The second-order valence-corrected chi connectivity index (χ2v) is 12.1. The molecule has 0 saturated carbocycles. The van der Waals surface area contributed by atoms with E-state index in [0.29, 0.717) is 38.7 Å². The lowest BCUT2D eigenvalue weighted by molar-refractivity contribution is 0.633. The Kier molecular flexibility index (Phi) is 4.17. The van der Waals surface area contributed by atoms with Gasteiger partial charge in [-0.15, -0.1) is 0 Å². The Labute approximate surface area is 304 Å². The summed E-state index contributed by atoms with van der Waals surface area (Å²) in [6.07, 6.45) is 0. The molecule has 0 aliphatic rings. The molecule has 0 fully saturated rings. The standard InChI is InChI=1S/C45H26N4O2/c1-3-12-27(13-4-1)43-46-44(28-14-5-2-6-15-28)48-45(47-43)35-18-11-21-38-40(35)34-25-24-33-32-23-22-29(26-39(32)51-41(33)42(34)50-38)49-36-19-9-7-16-30(36)31-17-8-10-20-37(31)49/h1-26H/i1D,2D,3D,4D,5D,6D,12D,13D,14D,15D. The number of rotatable bonds is 4. The van der Waals surface area contributed by atoms with Crippen molar-refractivity contribution in [2.45, 2.75) is 0 Å². The molecule has 4 aromatic heterocycles. The predicted octanol–water partition coefficient (Wildman–Crippen LogP) is 11.8. The highest BCUT2D eigenvalue weighted by Gasteiger charge is 2.21. The third-order valence-corrected chi connectivity index (χ3v) is 9.25. The van der Waals surface area contributed by atoms with Gasteiger partial charge in [0.05, 0.1) is 24.7 Å². The molecular formula is C45H26N4O2. The Morgan fingerprint density at radius 1 is 0.471 bits per heavy atom. The number of nitrogens with zero attached hydrogens (tertiary/aromatic N) is 4. The van der Waals surface area contributed by atoms with Crippen LogP contribution in [0.3, 0.4) is 0 Å². The fourth-order valence-corrected chi connectivity index (χ4v) is 7.08. The summed E-state index contributed by atoms with van der Waals surface area (Å²) in [4.78, 5) is 13.7. The molecule has 4 heterocycles. The second kappa shape index (κ2) is 10.7. The van der Waals surface area contributed by atoms with E-state index in [9.17, 15) is 0 Å². The third-order valence-electron chi connectivity index (χ3n) is 9.25. The van der Waals surface area contributed by atoms with Crippen molar-refractivity contribution >= 4 is 65.7 Å². The lowest BCUT2D eigenvalue weighted by Crippen LogP contribution is -2.00. The molecule has 0 atom stereocenters. The van der Waals surface area contributed by atoms with Crippen LogP contribution < -0.4 is 0 Å². The van der Waals surface area contributed by atoms with Crippen LogP contribution in [0.1, 0.15) is 13.7 Å². The summed E-state index contributed by atoms with van der Waals surface area (Å²) in [6.45, 7) is 0. The average Bonchev–Trinajstić information content (AvgIpc) is 3.96. The maximum absolute atomic E-state index is 8.71. The van der Waals surface area contributed by atoms with Crippen molar-refractivity contribution in [2.75, 3.05) is 0 Å². The quantitative estimate of drug-likeness (QED) is 0.187. The van der Waals surface area contributed by atoms with Gasteiger partial charge in [-0.3, -0.25) is 0 Å². The van der Waals surface area contributed by atoms with Crippen molar-refractivity contribution < 1.29 is 22.5 Å². The summed E-state index contributed by atoms with van der Waals surface area (Å²) in [6, 6.07) is 25.6. The lowest BCUT2D eigenvalue weighted by Gasteiger charge is -2.09. The molecule has 0 aliphatic heterocycles. The van der Waals surface area contributed by atoms with Gasteiger partial charge in [-0.1, -0.05) is 109 Å². The van der Waals surface area contributed by atoms with E-state index < -0.39 is 60.4 Å². The van der Waals surface area contributed by atoms with Gasteiger partial charge in [0, 0.05) is 60.8 Å². The largest absolute Gasteiger partial charge is 0.452 e.